The molecule has 108 valence electrons. The molecule has 4 nitrogen and oxygen atoms in total. The summed E-state index contributed by atoms with van der Waals surface area (Å²) in [6.45, 7) is 2.60. The highest BCUT2D eigenvalue weighted by molar-refractivity contribution is 7.80. The quantitative estimate of drug-likeness (QED) is 0.506. The Kier molecular flexibility index (Phi) is 5.29. The second-order valence-electron chi connectivity index (χ2n) is 4.58. The molecule has 3 N–H and O–H groups in total. The molecule has 0 heterocycles. The van der Waals surface area contributed by atoms with E-state index in [0.29, 0.717) is 6.61 Å². The molecular weight excluding hydrogens is 282 g/mol. The van der Waals surface area contributed by atoms with Gasteiger partial charge in [-0.05, 0) is 42.4 Å². The Balaban J connectivity index is 1.96. The van der Waals surface area contributed by atoms with Crippen molar-refractivity contribution in [3.05, 3.63) is 65.2 Å². The summed E-state index contributed by atoms with van der Waals surface area (Å²) in [6.07, 6.45) is 1.64. The van der Waals surface area contributed by atoms with Crippen molar-refractivity contribution in [3.63, 3.8) is 0 Å². The zero-order valence-corrected chi connectivity index (χ0v) is 12.6. The van der Waals surface area contributed by atoms with Crippen LogP contribution in [-0.2, 0) is 6.61 Å². The Morgan fingerprint density at radius 1 is 1.29 bits per heavy atom. The number of aryl methyl sites for hydroxylation is 1. The Morgan fingerprint density at radius 2 is 2.05 bits per heavy atom. The Hall–Kier alpha value is -2.40. The van der Waals surface area contributed by atoms with E-state index in [2.05, 4.69) is 53.9 Å². The van der Waals surface area contributed by atoms with Gasteiger partial charge in [-0.1, -0.05) is 42.0 Å². The smallest absolute Gasteiger partial charge is 0.184 e. The van der Waals surface area contributed by atoms with Crippen LogP contribution < -0.4 is 15.9 Å². The highest BCUT2D eigenvalue weighted by Gasteiger charge is 1.97. The second-order valence-corrected chi connectivity index (χ2v) is 5.02. The Morgan fingerprint density at radius 3 is 2.76 bits per heavy atom. The molecular formula is C16H17N3OS. The third-order valence-electron chi connectivity index (χ3n) is 2.77. The van der Waals surface area contributed by atoms with Crippen molar-refractivity contribution >= 4 is 23.5 Å². The van der Waals surface area contributed by atoms with Gasteiger partial charge in [0.25, 0.3) is 0 Å². The summed E-state index contributed by atoms with van der Waals surface area (Å²) in [5.74, 6) is 0.787. The van der Waals surface area contributed by atoms with E-state index in [-0.39, 0.29) is 5.11 Å². The SMILES string of the molecule is Cc1ccc(COc2cccc(/C=N/NC(N)=S)c2)cc1. The number of benzene rings is 2. The molecule has 2 rings (SSSR count). The average molecular weight is 299 g/mol. The monoisotopic (exact) mass is 299 g/mol. The number of thiocarbonyl (C=S) groups is 1. The maximum atomic E-state index is 5.77. The summed E-state index contributed by atoms with van der Waals surface area (Å²) in [7, 11) is 0. The Labute approximate surface area is 129 Å². The van der Waals surface area contributed by atoms with Gasteiger partial charge in [-0.25, -0.2) is 0 Å². The minimum atomic E-state index is 0.137. The summed E-state index contributed by atoms with van der Waals surface area (Å²) in [5, 5.41) is 4.05. The molecule has 2 aromatic carbocycles. The average Bonchev–Trinajstić information content (AvgIpc) is 2.47. The van der Waals surface area contributed by atoms with E-state index in [1.807, 2.05) is 24.3 Å². The van der Waals surface area contributed by atoms with Crippen LogP contribution in [0.1, 0.15) is 16.7 Å². The minimum absolute atomic E-state index is 0.137. The van der Waals surface area contributed by atoms with Crippen molar-refractivity contribution in [2.24, 2.45) is 10.8 Å². The number of hydrazone groups is 1. The van der Waals surface area contributed by atoms with Gasteiger partial charge in [0.15, 0.2) is 5.11 Å². The van der Waals surface area contributed by atoms with Crippen LogP contribution in [0.3, 0.4) is 0 Å². The summed E-state index contributed by atoms with van der Waals surface area (Å²) in [6, 6.07) is 15.9. The van der Waals surface area contributed by atoms with Gasteiger partial charge in [0.05, 0.1) is 6.21 Å². The van der Waals surface area contributed by atoms with Crippen molar-refractivity contribution in [2.45, 2.75) is 13.5 Å². The lowest BCUT2D eigenvalue weighted by Crippen LogP contribution is -2.23. The zero-order chi connectivity index (χ0) is 15.1. The van der Waals surface area contributed by atoms with Gasteiger partial charge in [0.1, 0.15) is 12.4 Å². The third-order valence-corrected chi connectivity index (χ3v) is 2.86. The van der Waals surface area contributed by atoms with Crippen LogP contribution in [0.5, 0.6) is 5.75 Å². The molecule has 5 heteroatoms. The molecule has 0 aliphatic carbocycles. The van der Waals surface area contributed by atoms with Crippen LogP contribution in [0.2, 0.25) is 0 Å². The first-order valence-corrected chi connectivity index (χ1v) is 6.91. The van der Waals surface area contributed by atoms with E-state index >= 15 is 0 Å². The fraction of sp³-hybridized carbons (Fsp3) is 0.125. The predicted molar refractivity (Wildman–Crippen MR) is 89.5 cm³/mol. The van der Waals surface area contributed by atoms with Gasteiger partial charge >= 0.3 is 0 Å². The van der Waals surface area contributed by atoms with Gasteiger partial charge in [-0.3, -0.25) is 5.43 Å². The van der Waals surface area contributed by atoms with E-state index in [1.54, 1.807) is 6.21 Å². The molecule has 0 saturated heterocycles. The maximum Gasteiger partial charge on any atom is 0.184 e. The van der Waals surface area contributed by atoms with Crippen LogP contribution in [0, 0.1) is 6.92 Å². The molecule has 0 saturated carbocycles. The standard InChI is InChI=1S/C16H17N3OS/c1-12-5-7-13(8-6-12)11-20-15-4-2-3-14(9-15)10-18-19-16(17)21/h2-10H,11H2,1H3,(H3,17,19,21)/b18-10+. The predicted octanol–water partition coefficient (Wildman–Crippen LogP) is 2.74. The molecule has 0 aliphatic heterocycles. The summed E-state index contributed by atoms with van der Waals surface area (Å²) < 4.78 is 5.77. The lowest BCUT2D eigenvalue weighted by molar-refractivity contribution is 0.306. The van der Waals surface area contributed by atoms with Crippen LogP contribution in [0.4, 0.5) is 0 Å². The fourth-order valence-corrected chi connectivity index (χ4v) is 1.76. The molecule has 0 bridgehead atoms. The first-order valence-electron chi connectivity index (χ1n) is 6.50. The minimum Gasteiger partial charge on any atom is -0.489 e. The molecule has 0 amide bonds. The van der Waals surface area contributed by atoms with Crippen LogP contribution in [0.25, 0.3) is 0 Å². The van der Waals surface area contributed by atoms with Crippen molar-refractivity contribution in [2.75, 3.05) is 0 Å². The normalized spacial score (nSPS) is 10.5. The van der Waals surface area contributed by atoms with Gasteiger partial charge < -0.3 is 10.5 Å². The highest BCUT2D eigenvalue weighted by Crippen LogP contribution is 2.14. The van der Waals surface area contributed by atoms with Crippen molar-refractivity contribution in [3.8, 4) is 5.75 Å². The lowest BCUT2D eigenvalue weighted by atomic mass is 10.2. The number of ether oxygens (including phenoxy) is 1. The topological polar surface area (TPSA) is 59.6 Å². The molecule has 0 spiro atoms. The van der Waals surface area contributed by atoms with Crippen LogP contribution in [-0.4, -0.2) is 11.3 Å². The van der Waals surface area contributed by atoms with E-state index < -0.39 is 0 Å². The van der Waals surface area contributed by atoms with Gasteiger partial charge in [-0.2, -0.15) is 5.10 Å². The van der Waals surface area contributed by atoms with Crippen LogP contribution >= 0.6 is 12.2 Å². The van der Waals surface area contributed by atoms with E-state index in [0.717, 1.165) is 16.9 Å². The molecule has 0 fully saturated rings. The molecule has 21 heavy (non-hydrogen) atoms. The highest BCUT2D eigenvalue weighted by atomic mass is 32.1. The number of nitrogens with two attached hydrogens (primary N) is 1. The van der Waals surface area contributed by atoms with Crippen molar-refractivity contribution in [1.82, 2.24) is 5.43 Å². The summed E-state index contributed by atoms with van der Waals surface area (Å²) in [4.78, 5) is 0. The van der Waals surface area contributed by atoms with E-state index in [4.69, 9.17) is 10.5 Å². The first kappa shape index (κ1) is 15.0. The van der Waals surface area contributed by atoms with Crippen molar-refractivity contribution in [1.29, 1.82) is 0 Å². The fourth-order valence-electron chi connectivity index (χ4n) is 1.71. The second kappa shape index (κ2) is 7.40. The number of hydrogen-bond acceptors (Lipinski definition) is 3. The number of hydrogen-bond donors (Lipinski definition) is 2. The molecule has 0 aliphatic rings. The first-order chi connectivity index (χ1) is 10.1. The van der Waals surface area contributed by atoms with Gasteiger partial charge in [-0.15, -0.1) is 0 Å². The Bertz CT molecular complexity index is 638. The molecule has 0 unspecified atom stereocenters. The number of rotatable bonds is 5. The lowest BCUT2D eigenvalue weighted by Gasteiger charge is -2.07. The summed E-state index contributed by atoms with van der Waals surface area (Å²) in [5.41, 5.74) is 11.1. The van der Waals surface area contributed by atoms with E-state index in [1.165, 1.54) is 5.56 Å². The largest absolute Gasteiger partial charge is 0.489 e. The zero-order valence-electron chi connectivity index (χ0n) is 11.7. The molecule has 0 radical (unpaired) electrons. The van der Waals surface area contributed by atoms with Gasteiger partial charge in [0.2, 0.25) is 0 Å². The maximum absolute atomic E-state index is 5.77. The van der Waals surface area contributed by atoms with E-state index in [9.17, 15) is 0 Å². The molecule has 0 aromatic heterocycles. The van der Waals surface area contributed by atoms with Crippen LogP contribution in [0.15, 0.2) is 53.6 Å². The van der Waals surface area contributed by atoms with Gasteiger partial charge in [0, 0.05) is 0 Å². The third kappa shape index (κ3) is 5.24. The molecule has 0 atom stereocenters. The number of nitrogens with one attached hydrogen (secondary N) is 1. The van der Waals surface area contributed by atoms with Crippen molar-refractivity contribution < 1.29 is 4.74 Å². The summed E-state index contributed by atoms with van der Waals surface area (Å²) >= 11 is 4.67. The number of nitrogens with zero attached hydrogens (tertiary/aromatic N) is 1. The molecule has 2 aromatic rings.